The van der Waals surface area contributed by atoms with Crippen LogP contribution >= 0.6 is 0 Å². The number of hydrogen-bond acceptors (Lipinski definition) is 4. The number of carbonyl (C=O) groups excluding carboxylic acids is 1. The minimum Gasteiger partial charge on any atom is -0.495 e. The first-order chi connectivity index (χ1) is 15.1. The highest BCUT2D eigenvalue weighted by Gasteiger charge is 2.18. The second-order valence-corrected chi connectivity index (χ2v) is 7.58. The van der Waals surface area contributed by atoms with E-state index in [0.717, 1.165) is 28.2 Å². The number of rotatable bonds is 7. The summed E-state index contributed by atoms with van der Waals surface area (Å²) in [6.45, 7) is 2.21. The number of nitrogens with one attached hydrogen (secondary N) is 2. The van der Waals surface area contributed by atoms with Crippen molar-refractivity contribution >= 4 is 11.7 Å². The average Bonchev–Trinajstić information content (AvgIpc) is 3.22. The molecule has 0 saturated heterocycles. The highest BCUT2D eigenvalue weighted by Crippen LogP contribution is 2.33. The molecule has 3 aromatic rings. The number of aryl methyl sites for hydroxylation is 1. The van der Waals surface area contributed by atoms with Crippen molar-refractivity contribution in [3.8, 4) is 17.2 Å². The van der Waals surface area contributed by atoms with E-state index in [2.05, 4.69) is 22.8 Å². The highest BCUT2D eigenvalue weighted by molar-refractivity contribution is 5.91. The number of methoxy groups -OCH3 is 1. The molecule has 1 heterocycles. The third kappa shape index (κ3) is 5.28. The van der Waals surface area contributed by atoms with Crippen molar-refractivity contribution in [1.29, 1.82) is 0 Å². The second-order valence-electron chi connectivity index (χ2n) is 7.58. The number of carbonyl (C=O) groups is 1. The Bertz CT molecular complexity index is 1050. The van der Waals surface area contributed by atoms with E-state index in [-0.39, 0.29) is 18.9 Å². The normalized spacial score (nSPS) is 12.8. The SMILES string of the molecule is COc1ccc(C)cc1NC(=O)N[C@H](Cc1ccccc1)Cc1ccc2c(c1)OCO2. The van der Waals surface area contributed by atoms with Crippen LogP contribution in [-0.2, 0) is 12.8 Å². The van der Waals surface area contributed by atoms with Crippen molar-refractivity contribution in [1.82, 2.24) is 5.32 Å². The summed E-state index contributed by atoms with van der Waals surface area (Å²) in [5.74, 6) is 2.11. The van der Waals surface area contributed by atoms with Gasteiger partial charge in [0.05, 0.1) is 12.8 Å². The van der Waals surface area contributed by atoms with Crippen LogP contribution in [-0.4, -0.2) is 26.0 Å². The molecule has 6 nitrogen and oxygen atoms in total. The number of benzene rings is 3. The van der Waals surface area contributed by atoms with E-state index in [0.29, 0.717) is 24.3 Å². The van der Waals surface area contributed by atoms with Crippen LogP contribution in [0.3, 0.4) is 0 Å². The molecule has 0 radical (unpaired) electrons. The molecule has 0 aliphatic carbocycles. The number of hydrogen-bond donors (Lipinski definition) is 2. The molecule has 1 atom stereocenters. The van der Waals surface area contributed by atoms with E-state index in [1.54, 1.807) is 7.11 Å². The summed E-state index contributed by atoms with van der Waals surface area (Å²) in [5, 5.41) is 6.05. The van der Waals surface area contributed by atoms with Crippen molar-refractivity contribution in [2.45, 2.75) is 25.8 Å². The lowest BCUT2D eigenvalue weighted by Gasteiger charge is -2.20. The third-order valence-corrected chi connectivity index (χ3v) is 5.18. The van der Waals surface area contributed by atoms with Crippen molar-refractivity contribution in [3.63, 3.8) is 0 Å². The van der Waals surface area contributed by atoms with Crippen LogP contribution in [0.5, 0.6) is 17.2 Å². The summed E-state index contributed by atoms with van der Waals surface area (Å²) >= 11 is 0. The lowest BCUT2D eigenvalue weighted by Crippen LogP contribution is -2.40. The maximum Gasteiger partial charge on any atom is 0.319 e. The zero-order chi connectivity index (χ0) is 21.6. The number of urea groups is 1. The molecule has 1 aliphatic rings. The third-order valence-electron chi connectivity index (χ3n) is 5.18. The van der Waals surface area contributed by atoms with E-state index in [1.807, 2.05) is 61.5 Å². The monoisotopic (exact) mass is 418 g/mol. The van der Waals surface area contributed by atoms with Crippen LogP contribution in [0.2, 0.25) is 0 Å². The van der Waals surface area contributed by atoms with Gasteiger partial charge in [-0.3, -0.25) is 0 Å². The Hall–Kier alpha value is -3.67. The van der Waals surface area contributed by atoms with Gasteiger partial charge in [0.2, 0.25) is 6.79 Å². The van der Waals surface area contributed by atoms with Crippen molar-refractivity contribution in [2.24, 2.45) is 0 Å². The minimum atomic E-state index is -0.273. The molecule has 2 amide bonds. The highest BCUT2D eigenvalue weighted by atomic mass is 16.7. The average molecular weight is 418 g/mol. The standard InChI is InChI=1S/C25H26N2O4/c1-17-8-10-22(29-2)21(12-17)27-25(28)26-20(13-18-6-4-3-5-7-18)14-19-9-11-23-24(15-19)31-16-30-23/h3-12,15,20H,13-14,16H2,1-2H3,(H2,26,27,28)/t20-/m1/s1. The molecule has 4 rings (SSSR count). The summed E-state index contributed by atoms with van der Waals surface area (Å²) in [6, 6.07) is 21.3. The van der Waals surface area contributed by atoms with E-state index >= 15 is 0 Å². The first-order valence-electron chi connectivity index (χ1n) is 10.3. The Balaban J connectivity index is 1.50. The maximum absolute atomic E-state index is 12.8. The summed E-state index contributed by atoms with van der Waals surface area (Å²) in [7, 11) is 1.59. The van der Waals surface area contributed by atoms with Gasteiger partial charge in [0.15, 0.2) is 11.5 Å². The molecule has 0 saturated carbocycles. The Kier molecular flexibility index (Phi) is 6.26. The number of amides is 2. The molecular weight excluding hydrogens is 392 g/mol. The van der Waals surface area contributed by atoms with E-state index in [1.165, 1.54) is 0 Å². The van der Waals surface area contributed by atoms with Crippen molar-refractivity contribution in [2.75, 3.05) is 19.2 Å². The zero-order valence-corrected chi connectivity index (χ0v) is 17.7. The lowest BCUT2D eigenvalue weighted by molar-refractivity contribution is 0.174. The summed E-state index contributed by atoms with van der Waals surface area (Å²) < 4.78 is 16.3. The Morgan fingerprint density at radius 2 is 1.74 bits per heavy atom. The van der Waals surface area contributed by atoms with Gasteiger partial charge in [0.1, 0.15) is 5.75 Å². The number of anilines is 1. The molecule has 0 spiro atoms. The molecule has 160 valence electrons. The second kappa shape index (κ2) is 9.43. The van der Waals surface area contributed by atoms with Gasteiger partial charge in [-0.05, 0) is 60.7 Å². The Morgan fingerprint density at radius 3 is 2.55 bits per heavy atom. The molecule has 1 aliphatic heterocycles. The fourth-order valence-corrected chi connectivity index (χ4v) is 3.69. The number of ether oxygens (including phenoxy) is 3. The van der Waals surface area contributed by atoms with Crippen molar-refractivity contribution < 1.29 is 19.0 Å². The number of fused-ring (bicyclic) bond motifs is 1. The summed E-state index contributed by atoms with van der Waals surface area (Å²) in [5.41, 5.74) is 3.90. The van der Waals surface area contributed by atoms with Gasteiger partial charge in [0, 0.05) is 6.04 Å². The van der Waals surface area contributed by atoms with Gasteiger partial charge >= 0.3 is 6.03 Å². The van der Waals surface area contributed by atoms with Gasteiger partial charge in [-0.25, -0.2) is 4.79 Å². The summed E-state index contributed by atoms with van der Waals surface area (Å²) in [6.07, 6.45) is 1.36. The topological polar surface area (TPSA) is 68.8 Å². The molecular formula is C25H26N2O4. The molecule has 2 N–H and O–H groups in total. The molecule has 0 fully saturated rings. The van der Waals surface area contributed by atoms with E-state index in [9.17, 15) is 4.79 Å². The molecule has 3 aromatic carbocycles. The minimum absolute atomic E-state index is 0.112. The van der Waals surface area contributed by atoms with Crippen LogP contribution in [0.15, 0.2) is 66.7 Å². The van der Waals surface area contributed by atoms with Crippen molar-refractivity contribution in [3.05, 3.63) is 83.4 Å². The molecule has 6 heteroatoms. The van der Waals surface area contributed by atoms with Gasteiger partial charge in [-0.1, -0.05) is 42.5 Å². The molecule has 0 unspecified atom stereocenters. The predicted octanol–water partition coefficient (Wildman–Crippen LogP) is 4.71. The maximum atomic E-state index is 12.8. The predicted molar refractivity (Wildman–Crippen MR) is 120 cm³/mol. The fourth-order valence-electron chi connectivity index (χ4n) is 3.69. The lowest BCUT2D eigenvalue weighted by atomic mass is 9.98. The van der Waals surface area contributed by atoms with Gasteiger partial charge in [-0.15, -0.1) is 0 Å². The van der Waals surface area contributed by atoms with Crippen LogP contribution in [0.25, 0.3) is 0 Å². The first-order valence-corrected chi connectivity index (χ1v) is 10.3. The Morgan fingerprint density at radius 1 is 0.968 bits per heavy atom. The smallest absolute Gasteiger partial charge is 0.319 e. The van der Waals surface area contributed by atoms with Gasteiger partial charge in [0.25, 0.3) is 0 Å². The molecule has 31 heavy (non-hydrogen) atoms. The first kappa shape index (κ1) is 20.6. The molecule has 0 aromatic heterocycles. The van der Waals surface area contributed by atoms with Gasteiger partial charge in [-0.2, -0.15) is 0 Å². The van der Waals surface area contributed by atoms with E-state index in [4.69, 9.17) is 14.2 Å². The van der Waals surface area contributed by atoms with Crippen LogP contribution in [0.1, 0.15) is 16.7 Å². The van der Waals surface area contributed by atoms with Crippen LogP contribution < -0.4 is 24.8 Å². The quantitative estimate of drug-likeness (QED) is 0.583. The zero-order valence-electron chi connectivity index (χ0n) is 17.7. The fraction of sp³-hybridized carbons (Fsp3) is 0.240. The largest absolute Gasteiger partial charge is 0.495 e. The Labute approximate surface area is 182 Å². The van der Waals surface area contributed by atoms with E-state index < -0.39 is 0 Å². The van der Waals surface area contributed by atoms with Crippen LogP contribution in [0.4, 0.5) is 10.5 Å². The summed E-state index contributed by atoms with van der Waals surface area (Å²) in [4.78, 5) is 12.8. The molecule has 0 bridgehead atoms. The van der Waals surface area contributed by atoms with Gasteiger partial charge < -0.3 is 24.8 Å². The van der Waals surface area contributed by atoms with Crippen LogP contribution in [0, 0.1) is 6.92 Å².